The number of rotatable bonds is 3. The third-order valence-corrected chi connectivity index (χ3v) is 6.75. The first kappa shape index (κ1) is 13.8. The van der Waals surface area contributed by atoms with E-state index < -0.39 is 10.0 Å². The van der Waals surface area contributed by atoms with E-state index in [1.54, 1.807) is 4.31 Å². The number of nitrogens with one attached hydrogen (secondary N) is 1. The maximum absolute atomic E-state index is 12.6. The minimum atomic E-state index is -3.11. The van der Waals surface area contributed by atoms with Gasteiger partial charge in [-0.15, -0.1) is 0 Å². The number of hydrogen-bond donors (Lipinski definition) is 1. The molecule has 2 unspecified atom stereocenters. The Hall–Kier alpha value is -0.170. The topological polar surface area (TPSA) is 58.6 Å². The van der Waals surface area contributed by atoms with Crippen LogP contribution in [0.25, 0.3) is 0 Å². The summed E-state index contributed by atoms with van der Waals surface area (Å²) in [6.45, 7) is 3.02. The predicted molar refractivity (Wildman–Crippen MR) is 73.5 cm³/mol. The monoisotopic (exact) mass is 288 g/mol. The molecule has 19 heavy (non-hydrogen) atoms. The third kappa shape index (κ3) is 2.96. The van der Waals surface area contributed by atoms with E-state index in [0.717, 1.165) is 45.2 Å². The molecule has 0 aromatic heterocycles. The Balaban J connectivity index is 1.68. The first-order valence-corrected chi connectivity index (χ1v) is 9.09. The standard InChI is InChI=1S/C13H24N2O3S/c16-19(17,10-11-4-6-14-7-5-11)15-8-9-18-13-3-1-2-12(13)15/h11-14H,1-10H2. The maximum Gasteiger partial charge on any atom is 0.214 e. The number of ether oxygens (including phenoxy) is 1. The van der Waals surface area contributed by atoms with E-state index in [0.29, 0.717) is 24.8 Å². The van der Waals surface area contributed by atoms with Crippen LogP contribution in [0.1, 0.15) is 32.1 Å². The molecule has 2 heterocycles. The molecule has 1 aliphatic carbocycles. The van der Waals surface area contributed by atoms with Crippen LogP contribution < -0.4 is 5.32 Å². The molecule has 110 valence electrons. The molecule has 0 spiro atoms. The second-order valence-electron chi connectivity index (χ2n) is 5.99. The van der Waals surface area contributed by atoms with Crippen molar-refractivity contribution in [2.75, 3.05) is 32.0 Å². The predicted octanol–water partition coefficient (Wildman–Crippen LogP) is 0.569. The lowest BCUT2D eigenvalue weighted by atomic mass is 10.0. The Kier molecular flexibility index (Phi) is 4.12. The van der Waals surface area contributed by atoms with E-state index in [9.17, 15) is 8.42 Å². The zero-order chi connectivity index (χ0) is 13.3. The summed E-state index contributed by atoms with van der Waals surface area (Å²) in [6, 6.07) is 0.112. The van der Waals surface area contributed by atoms with E-state index in [2.05, 4.69) is 5.32 Å². The molecule has 0 aromatic carbocycles. The number of morpholine rings is 1. The van der Waals surface area contributed by atoms with Crippen molar-refractivity contribution in [2.45, 2.75) is 44.2 Å². The largest absolute Gasteiger partial charge is 0.375 e. The van der Waals surface area contributed by atoms with Crippen molar-refractivity contribution in [2.24, 2.45) is 5.92 Å². The van der Waals surface area contributed by atoms with Crippen LogP contribution in [0, 0.1) is 5.92 Å². The summed E-state index contributed by atoms with van der Waals surface area (Å²) >= 11 is 0. The zero-order valence-corrected chi connectivity index (χ0v) is 12.2. The van der Waals surface area contributed by atoms with Crippen LogP contribution in [0.3, 0.4) is 0 Å². The minimum absolute atomic E-state index is 0.112. The number of sulfonamides is 1. The second-order valence-corrected chi connectivity index (χ2v) is 7.96. The number of hydrogen-bond acceptors (Lipinski definition) is 4. The third-order valence-electron chi connectivity index (χ3n) is 4.69. The zero-order valence-electron chi connectivity index (χ0n) is 11.4. The van der Waals surface area contributed by atoms with Crippen LogP contribution in [0.15, 0.2) is 0 Å². The van der Waals surface area contributed by atoms with Crippen molar-refractivity contribution in [3.8, 4) is 0 Å². The highest BCUT2D eigenvalue weighted by Gasteiger charge is 2.42. The number of nitrogens with zero attached hydrogens (tertiary/aromatic N) is 1. The molecule has 6 heteroatoms. The van der Waals surface area contributed by atoms with Crippen LogP contribution in [-0.2, 0) is 14.8 Å². The van der Waals surface area contributed by atoms with Crippen molar-refractivity contribution in [3.63, 3.8) is 0 Å². The van der Waals surface area contributed by atoms with Crippen LogP contribution >= 0.6 is 0 Å². The highest BCUT2D eigenvalue weighted by molar-refractivity contribution is 7.89. The fourth-order valence-electron chi connectivity index (χ4n) is 3.68. The molecule has 5 nitrogen and oxygen atoms in total. The lowest BCUT2D eigenvalue weighted by Crippen LogP contribution is -2.52. The normalized spacial score (nSPS) is 34.3. The van der Waals surface area contributed by atoms with Gasteiger partial charge in [0.25, 0.3) is 0 Å². The molecule has 1 saturated carbocycles. The molecule has 3 rings (SSSR count). The van der Waals surface area contributed by atoms with Gasteiger partial charge in [0.05, 0.1) is 24.5 Å². The summed E-state index contributed by atoms with van der Waals surface area (Å²) in [4.78, 5) is 0. The molecule has 2 saturated heterocycles. The fourth-order valence-corrected chi connectivity index (χ4v) is 5.80. The summed E-state index contributed by atoms with van der Waals surface area (Å²) in [5, 5.41) is 3.29. The molecule has 3 aliphatic rings. The lowest BCUT2D eigenvalue weighted by molar-refractivity contribution is -0.0243. The highest BCUT2D eigenvalue weighted by Crippen LogP contribution is 2.32. The smallest absolute Gasteiger partial charge is 0.214 e. The van der Waals surface area contributed by atoms with Crippen LogP contribution in [0.5, 0.6) is 0 Å². The van der Waals surface area contributed by atoms with Crippen LogP contribution in [0.2, 0.25) is 0 Å². The van der Waals surface area contributed by atoms with Gasteiger partial charge in [-0.1, -0.05) is 0 Å². The van der Waals surface area contributed by atoms with E-state index >= 15 is 0 Å². The molecule has 2 atom stereocenters. The van der Waals surface area contributed by atoms with Crippen molar-refractivity contribution in [3.05, 3.63) is 0 Å². The van der Waals surface area contributed by atoms with Crippen molar-refractivity contribution in [1.29, 1.82) is 0 Å². The number of piperidine rings is 1. The Morgan fingerprint density at radius 2 is 1.95 bits per heavy atom. The molecule has 0 bridgehead atoms. The molecular formula is C13H24N2O3S. The Bertz CT molecular complexity index is 406. The maximum atomic E-state index is 12.6. The van der Waals surface area contributed by atoms with E-state index in [1.165, 1.54) is 0 Å². The van der Waals surface area contributed by atoms with Gasteiger partial charge in [-0.2, -0.15) is 4.31 Å². The molecular weight excluding hydrogens is 264 g/mol. The molecule has 0 radical (unpaired) electrons. The molecule has 2 aliphatic heterocycles. The Labute approximate surface area is 115 Å². The van der Waals surface area contributed by atoms with Gasteiger partial charge in [-0.05, 0) is 51.1 Å². The summed E-state index contributed by atoms with van der Waals surface area (Å²) in [5.74, 6) is 0.659. The Morgan fingerprint density at radius 1 is 1.16 bits per heavy atom. The average Bonchev–Trinajstić information content (AvgIpc) is 2.87. The van der Waals surface area contributed by atoms with Crippen LogP contribution in [0.4, 0.5) is 0 Å². The molecule has 0 aromatic rings. The minimum Gasteiger partial charge on any atom is -0.375 e. The first-order chi connectivity index (χ1) is 9.17. The van der Waals surface area contributed by atoms with Crippen molar-refractivity contribution < 1.29 is 13.2 Å². The van der Waals surface area contributed by atoms with Gasteiger partial charge >= 0.3 is 0 Å². The van der Waals surface area contributed by atoms with Crippen molar-refractivity contribution in [1.82, 2.24) is 9.62 Å². The first-order valence-electron chi connectivity index (χ1n) is 7.49. The second kappa shape index (κ2) is 5.68. The molecule has 1 N–H and O–H groups in total. The fraction of sp³-hybridized carbons (Fsp3) is 1.00. The van der Waals surface area contributed by atoms with Gasteiger partial charge in [0.1, 0.15) is 0 Å². The SMILES string of the molecule is O=S(=O)(CC1CCNCC1)N1CCOC2CCCC21. The van der Waals surface area contributed by atoms with Gasteiger partial charge in [0.15, 0.2) is 0 Å². The summed E-state index contributed by atoms with van der Waals surface area (Å²) in [7, 11) is -3.11. The van der Waals surface area contributed by atoms with Gasteiger partial charge < -0.3 is 10.1 Å². The Morgan fingerprint density at radius 3 is 2.74 bits per heavy atom. The quantitative estimate of drug-likeness (QED) is 0.825. The summed E-state index contributed by atoms with van der Waals surface area (Å²) in [5.41, 5.74) is 0. The highest BCUT2D eigenvalue weighted by atomic mass is 32.2. The number of fused-ring (bicyclic) bond motifs is 1. The van der Waals surface area contributed by atoms with E-state index in [4.69, 9.17) is 4.74 Å². The summed E-state index contributed by atoms with van der Waals surface area (Å²) < 4.78 is 32.8. The van der Waals surface area contributed by atoms with Crippen molar-refractivity contribution >= 4 is 10.0 Å². The lowest BCUT2D eigenvalue weighted by Gasteiger charge is -2.37. The molecule has 0 amide bonds. The van der Waals surface area contributed by atoms with Gasteiger partial charge in [-0.3, -0.25) is 0 Å². The van der Waals surface area contributed by atoms with E-state index in [1.807, 2.05) is 0 Å². The summed E-state index contributed by atoms with van der Waals surface area (Å²) in [6.07, 6.45) is 5.20. The van der Waals surface area contributed by atoms with Gasteiger partial charge in [0, 0.05) is 6.54 Å². The van der Waals surface area contributed by atoms with Gasteiger partial charge in [-0.25, -0.2) is 8.42 Å². The van der Waals surface area contributed by atoms with E-state index in [-0.39, 0.29) is 12.1 Å². The van der Waals surface area contributed by atoms with Gasteiger partial charge in [0.2, 0.25) is 10.0 Å². The van der Waals surface area contributed by atoms with Crippen LogP contribution in [-0.4, -0.2) is 56.9 Å². The molecule has 3 fully saturated rings. The average molecular weight is 288 g/mol.